The van der Waals surface area contributed by atoms with Gasteiger partial charge in [-0.3, -0.25) is 9.59 Å². The molecule has 4 aromatic rings. The molecule has 2 heterocycles. The lowest BCUT2D eigenvalue weighted by Gasteiger charge is -2.27. The Labute approximate surface area is 229 Å². The minimum absolute atomic E-state index is 0.00732. The van der Waals surface area contributed by atoms with Gasteiger partial charge in [-0.1, -0.05) is 25.0 Å². The van der Waals surface area contributed by atoms with Crippen LogP contribution in [0.2, 0.25) is 0 Å². The van der Waals surface area contributed by atoms with Crippen LogP contribution in [-0.2, 0) is 4.79 Å². The summed E-state index contributed by atoms with van der Waals surface area (Å²) in [5, 5.41) is 26.1. The highest BCUT2D eigenvalue weighted by atomic mass is 19.1. The number of benzene rings is 2. The molecule has 0 bridgehead atoms. The fraction of sp³-hybridized carbons (Fsp3) is 0.200. The average Bonchev–Trinajstić information content (AvgIpc) is 3.48. The summed E-state index contributed by atoms with van der Waals surface area (Å²) in [6.07, 6.45) is 4.81. The Morgan fingerprint density at radius 3 is 2.60 bits per heavy atom. The maximum Gasteiger partial charge on any atom is 0.292 e. The zero-order valence-electron chi connectivity index (χ0n) is 21.4. The second kappa shape index (κ2) is 11.4. The van der Waals surface area contributed by atoms with E-state index in [9.17, 15) is 24.3 Å². The number of nitrogens with one attached hydrogen (secondary N) is 2. The predicted octanol–water partition coefficient (Wildman–Crippen LogP) is 5.43. The highest BCUT2D eigenvalue weighted by molar-refractivity contribution is 6.03. The first kappa shape index (κ1) is 26.6. The molecule has 1 saturated carbocycles. The van der Waals surface area contributed by atoms with E-state index in [4.69, 9.17) is 10.2 Å². The van der Waals surface area contributed by atoms with E-state index < -0.39 is 11.7 Å². The number of nitrogens with two attached hydrogens (primary N) is 1. The van der Waals surface area contributed by atoms with Crippen molar-refractivity contribution < 1.29 is 23.5 Å². The summed E-state index contributed by atoms with van der Waals surface area (Å²) in [4.78, 5) is 30.2. The van der Waals surface area contributed by atoms with E-state index in [1.54, 1.807) is 36.4 Å². The normalized spacial score (nSPS) is 16.6. The number of nitrogens with zero attached hydrogens (tertiary/aromatic N) is 2. The van der Waals surface area contributed by atoms with Crippen LogP contribution >= 0.6 is 0 Å². The van der Waals surface area contributed by atoms with Crippen LogP contribution < -0.4 is 16.4 Å². The molecule has 9 nitrogen and oxygen atoms in total. The first-order valence-corrected chi connectivity index (χ1v) is 12.8. The van der Waals surface area contributed by atoms with E-state index >= 15 is 0 Å². The fourth-order valence-corrected chi connectivity index (χ4v) is 4.90. The molecular formula is C30H26FN5O4. The fourth-order valence-electron chi connectivity index (χ4n) is 4.90. The Balaban J connectivity index is 1.57. The average molecular weight is 540 g/mol. The number of rotatable bonds is 6. The molecule has 2 amide bonds. The maximum atomic E-state index is 13.7. The molecule has 2 atom stereocenters. The van der Waals surface area contributed by atoms with Gasteiger partial charge in [0.2, 0.25) is 5.91 Å². The molecule has 202 valence electrons. The standard InChI is InChI=1S/C30H26FN5O4/c31-18-10-11-21(26(37)14-18)25-15-22(23(16-32)28(35-25)36-30(39)27-9-4-12-40-27)17-5-3-6-19(13-17)34-29(38)20-7-1-2-8-24(20)33/h3-6,9-15,20,24,37H,1-2,7-8,33H2,(H,34,38)(H,35,36,39)/t20-,24+/m0/s1. The zero-order valence-corrected chi connectivity index (χ0v) is 21.4. The summed E-state index contributed by atoms with van der Waals surface area (Å²) >= 11 is 0. The van der Waals surface area contributed by atoms with Gasteiger partial charge in [0, 0.05) is 28.9 Å². The second-order valence-corrected chi connectivity index (χ2v) is 9.61. The summed E-state index contributed by atoms with van der Waals surface area (Å²) < 4.78 is 18.9. The molecular weight excluding hydrogens is 513 g/mol. The van der Waals surface area contributed by atoms with Crippen LogP contribution in [0.15, 0.2) is 71.3 Å². The van der Waals surface area contributed by atoms with Crippen molar-refractivity contribution in [1.29, 1.82) is 5.26 Å². The molecule has 1 aliphatic rings. The van der Waals surface area contributed by atoms with Crippen LogP contribution in [-0.4, -0.2) is 27.9 Å². The Morgan fingerprint density at radius 1 is 1.05 bits per heavy atom. The minimum Gasteiger partial charge on any atom is -0.507 e. The summed E-state index contributed by atoms with van der Waals surface area (Å²) in [6, 6.07) is 16.8. The van der Waals surface area contributed by atoms with Gasteiger partial charge >= 0.3 is 0 Å². The zero-order chi connectivity index (χ0) is 28.2. The van der Waals surface area contributed by atoms with Crippen LogP contribution in [0.4, 0.5) is 15.9 Å². The second-order valence-electron chi connectivity index (χ2n) is 9.61. The monoisotopic (exact) mass is 539 g/mol. The van der Waals surface area contributed by atoms with Gasteiger partial charge in [0.25, 0.3) is 5.91 Å². The van der Waals surface area contributed by atoms with Gasteiger partial charge in [-0.2, -0.15) is 5.26 Å². The maximum absolute atomic E-state index is 13.7. The smallest absolute Gasteiger partial charge is 0.292 e. The van der Waals surface area contributed by atoms with E-state index in [-0.39, 0.29) is 52.0 Å². The number of nitriles is 1. The van der Waals surface area contributed by atoms with Crippen LogP contribution in [0.25, 0.3) is 22.4 Å². The number of furan rings is 1. The van der Waals surface area contributed by atoms with Gasteiger partial charge in [0.05, 0.1) is 17.9 Å². The molecule has 2 aromatic heterocycles. The first-order chi connectivity index (χ1) is 19.3. The lowest BCUT2D eigenvalue weighted by atomic mass is 9.84. The number of amides is 2. The topological polar surface area (TPSA) is 154 Å². The molecule has 0 radical (unpaired) electrons. The Hall–Kier alpha value is -5.01. The van der Waals surface area contributed by atoms with Crippen molar-refractivity contribution in [2.24, 2.45) is 11.7 Å². The molecule has 1 aliphatic carbocycles. The molecule has 2 aromatic carbocycles. The van der Waals surface area contributed by atoms with Gasteiger partial charge in [-0.15, -0.1) is 0 Å². The molecule has 40 heavy (non-hydrogen) atoms. The summed E-state index contributed by atoms with van der Waals surface area (Å²) in [5.74, 6) is -2.16. The number of pyridine rings is 1. The van der Waals surface area contributed by atoms with E-state index in [0.29, 0.717) is 16.8 Å². The lowest BCUT2D eigenvalue weighted by molar-refractivity contribution is -0.121. The van der Waals surface area contributed by atoms with Crippen molar-refractivity contribution >= 4 is 23.3 Å². The first-order valence-electron chi connectivity index (χ1n) is 12.8. The summed E-state index contributed by atoms with van der Waals surface area (Å²) in [6.45, 7) is 0. The van der Waals surface area contributed by atoms with Crippen LogP contribution in [0, 0.1) is 23.1 Å². The molecule has 0 aliphatic heterocycles. The molecule has 0 saturated heterocycles. The number of carbonyl (C=O) groups is 2. The van der Waals surface area contributed by atoms with Crippen LogP contribution in [0.1, 0.15) is 41.8 Å². The SMILES string of the molecule is N#Cc1c(-c2cccc(NC(=O)[C@H]3CCCC[C@H]3N)c2)cc(-c2ccc(F)cc2O)nc1NC(=O)c1ccco1. The predicted molar refractivity (Wildman–Crippen MR) is 147 cm³/mol. The Bertz CT molecular complexity index is 1610. The number of aromatic nitrogens is 1. The minimum atomic E-state index is -0.636. The van der Waals surface area contributed by atoms with E-state index in [1.807, 2.05) is 0 Å². The van der Waals surface area contributed by atoms with E-state index in [1.165, 1.54) is 24.5 Å². The highest BCUT2D eigenvalue weighted by Gasteiger charge is 2.28. The number of hydrogen-bond acceptors (Lipinski definition) is 7. The van der Waals surface area contributed by atoms with Crippen LogP contribution in [0.3, 0.4) is 0 Å². The van der Waals surface area contributed by atoms with Crippen molar-refractivity contribution in [2.45, 2.75) is 31.7 Å². The number of hydrogen-bond donors (Lipinski definition) is 4. The molecule has 5 rings (SSSR count). The number of aromatic hydroxyl groups is 1. The van der Waals surface area contributed by atoms with Gasteiger partial charge in [-0.25, -0.2) is 9.37 Å². The Morgan fingerprint density at radius 2 is 1.88 bits per heavy atom. The van der Waals surface area contributed by atoms with Crippen molar-refractivity contribution in [1.82, 2.24) is 4.98 Å². The number of anilines is 2. The quantitative estimate of drug-likeness (QED) is 0.255. The molecule has 10 heteroatoms. The van der Waals surface area contributed by atoms with Gasteiger partial charge in [0.15, 0.2) is 11.6 Å². The van der Waals surface area contributed by atoms with E-state index in [0.717, 1.165) is 31.7 Å². The Kier molecular flexibility index (Phi) is 7.57. The highest BCUT2D eigenvalue weighted by Crippen LogP contribution is 2.37. The number of phenolic OH excluding ortho intramolecular Hbond substituents is 1. The van der Waals surface area contributed by atoms with E-state index in [2.05, 4.69) is 21.7 Å². The van der Waals surface area contributed by atoms with Crippen molar-refractivity contribution in [2.75, 3.05) is 10.6 Å². The number of carbonyl (C=O) groups excluding carboxylic acids is 2. The van der Waals surface area contributed by atoms with Gasteiger partial charge in [-0.05, 0) is 60.9 Å². The van der Waals surface area contributed by atoms with Crippen LogP contribution in [0.5, 0.6) is 5.75 Å². The van der Waals surface area contributed by atoms with Gasteiger partial charge < -0.3 is 25.9 Å². The number of phenols is 1. The van der Waals surface area contributed by atoms with Crippen molar-refractivity contribution in [3.8, 4) is 34.2 Å². The largest absolute Gasteiger partial charge is 0.507 e. The summed E-state index contributed by atoms with van der Waals surface area (Å²) in [5.41, 5.74) is 8.03. The van der Waals surface area contributed by atoms with Crippen molar-refractivity contribution in [3.05, 3.63) is 84.1 Å². The molecule has 1 fully saturated rings. The number of halogens is 1. The lowest BCUT2D eigenvalue weighted by Crippen LogP contribution is -2.40. The van der Waals surface area contributed by atoms with Gasteiger partial charge in [0.1, 0.15) is 23.2 Å². The molecule has 0 unspecified atom stereocenters. The third kappa shape index (κ3) is 5.55. The third-order valence-corrected chi connectivity index (χ3v) is 6.94. The third-order valence-electron chi connectivity index (χ3n) is 6.94. The molecule has 5 N–H and O–H groups in total. The molecule has 0 spiro atoms. The van der Waals surface area contributed by atoms with Crippen molar-refractivity contribution in [3.63, 3.8) is 0 Å². The summed E-state index contributed by atoms with van der Waals surface area (Å²) in [7, 11) is 0.